The molecular weight excluding hydrogens is 258 g/mol. The average Bonchev–Trinajstić information content (AvgIpc) is 2.93. The van der Waals surface area contributed by atoms with Gasteiger partial charge in [0.15, 0.2) is 0 Å². The van der Waals surface area contributed by atoms with E-state index < -0.39 is 0 Å². The van der Waals surface area contributed by atoms with Crippen molar-refractivity contribution in [2.75, 3.05) is 5.32 Å². The summed E-state index contributed by atoms with van der Waals surface area (Å²) in [6.45, 7) is 4.19. The number of hydrogen-bond donors (Lipinski definition) is 1. The van der Waals surface area contributed by atoms with Crippen LogP contribution in [0.4, 0.5) is 5.13 Å². The van der Waals surface area contributed by atoms with Gasteiger partial charge in [-0.25, -0.2) is 0 Å². The van der Waals surface area contributed by atoms with Gasteiger partial charge in [-0.05, 0) is 11.5 Å². The Morgan fingerprint density at radius 1 is 1.37 bits per heavy atom. The summed E-state index contributed by atoms with van der Waals surface area (Å²) >= 11 is 1.33. The van der Waals surface area contributed by atoms with Crippen LogP contribution < -0.4 is 5.32 Å². The Bertz CT molecular complexity index is 513. The van der Waals surface area contributed by atoms with E-state index in [1.807, 2.05) is 30.3 Å². The Balaban J connectivity index is 2.20. The first kappa shape index (κ1) is 13.7. The van der Waals surface area contributed by atoms with Crippen LogP contribution in [0.2, 0.25) is 0 Å². The number of nitrogens with one attached hydrogen (secondary N) is 1. The lowest BCUT2D eigenvalue weighted by Crippen LogP contribution is -2.26. The highest BCUT2D eigenvalue weighted by atomic mass is 32.1. The summed E-state index contributed by atoms with van der Waals surface area (Å²) < 4.78 is 0. The molecule has 1 amide bonds. The van der Waals surface area contributed by atoms with Crippen molar-refractivity contribution < 1.29 is 4.79 Å². The molecule has 100 valence electrons. The standard InChI is InChI=1S/C14H17N3OS/c1-3-10(2)12(11-7-5-4-6-8-11)13(18)16-14-17-15-9-19-14/h4-10,12H,3H2,1-2H3,(H,16,17,18). The van der Waals surface area contributed by atoms with Crippen LogP contribution in [0.5, 0.6) is 0 Å². The molecule has 0 bridgehead atoms. The summed E-state index contributed by atoms with van der Waals surface area (Å²) in [5.41, 5.74) is 2.65. The Morgan fingerprint density at radius 2 is 2.11 bits per heavy atom. The molecule has 0 saturated heterocycles. The molecule has 0 saturated carbocycles. The highest BCUT2D eigenvalue weighted by molar-refractivity contribution is 7.13. The first-order valence-corrected chi connectivity index (χ1v) is 7.22. The van der Waals surface area contributed by atoms with E-state index in [9.17, 15) is 4.79 Å². The minimum absolute atomic E-state index is 0.0164. The van der Waals surface area contributed by atoms with Crippen LogP contribution in [0.25, 0.3) is 0 Å². The van der Waals surface area contributed by atoms with E-state index in [2.05, 4.69) is 29.4 Å². The van der Waals surface area contributed by atoms with Gasteiger partial charge in [-0.15, -0.1) is 10.2 Å². The molecule has 2 atom stereocenters. The van der Waals surface area contributed by atoms with Crippen LogP contribution >= 0.6 is 11.3 Å². The lowest BCUT2D eigenvalue weighted by atomic mass is 9.85. The predicted molar refractivity (Wildman–Crippen MR) is 77.2 cm³/mol. The van der Waals surface area contributed by atoms with Crippen molar-refractivity contribution in [1.29, 1.82) is 0 Å². The first-order chi connectivity index (χ1) is 9.22. The summed E-state index contributed by atoms with van der Waals surface area (Å²) in [4.78, 5) is 12.4. The molecular formula is C14H17N3OS. The molecule has 2 unspecified atom stereocenters. The van der Waals surface area contributed by atoms with Crippen molar-refractivity contribution in [1.82, 2.24) is 10.2 Å². The molecule has 0 spiro atoms. The van der Waals surface area contributed by atoms with Gasteiger partial charge in [0, 0.05) is 0 Å². The second kappa shape index (κ2) is 6.43. The zero-order valence-corrected chi connectivity index (χ0v) is 11.9. The zero-order chi connectivity index (χ0) is 13.7. The fraction of sp³-hybridized carbons (Fsp3) is 0.357. The Hall–Kier alpha value is -1.75. The number of hydrogen-bond acceptors (Lipinski definition) is 4. The summed E-state index contributed by atoms with van der Waals surface area (Å²) in [6, 6.07) is 9.87. The Morgan fingerprint density at radius 3 is 2.68 bits per heavy atom. The molecule has 2 aromatic rings. The van der Waals surface area contributed by atoms with Gasteiger partial charge in [0.05, 0.1) is 5.92 Å². The molecule has 0 aliphatic heterocycles. The molecule has 1 N–H and O–H groups in total. The third-order valence-corrected chi connectivity index (χ3v) is 3.85. The second-order valence-electron chi connectivity index (χ2n) is 4.51. The van der Waals surface area contributed by atoms with E-state index >= 15 is 0 Å². The van der Waals surface area contributed by atoms with E-state index in [4.69, 9.17) is 0 Å². The molecule has 5 heteroatoms. The molecule has 1 heterocycles. The van der Waals surface area contributed by atoms with Gasteiger partial charge < -0.3 is 0 Å². The van der Waals surface area contributed by atoms with Crippen molar-refractivity contribution in [2.24, 2.45) is 5.92 Å². The average molecular weight is 275 g/mol. The molecule has 0 aliphatic carbocycles. The van der Waals surface area contributed by atoms with Gasteiger partial charge in [0.2, 0.25) is 11.0 Å². The predicted octanol–water partition coefficient (Wildman–Crippen LogP) is 3.31. The number of carbonyl (C=O) groups excluding carboxylic acids is 1. The highest BCUT2D eigenvalue weighted by Crippen LogP contribution is 2.28. The number of aromatic nitrogens is 2. The van der Waals surface area contributed by atoms with E-state index in [1.54, 1.807) is 5.51 Å². The monoisotopic (exact) mass is 275 g/mol. The largest absolute Gasteiger partial charge is 0.300 e. The van der Waals surface area contributed by atoms with Crippen molar-refractivity contribution in [3.8, 4) is 0 Å². The van der Waals surface area contributed by atoms with E-state index in [0.29, 0.717) is 5.13 Å². The van der Waals surface area contributed by atoms with Crippen molar-refractivity contribution in [3.63, 3.8) is 0 Å². The van der Waals surface area contributed by atoms with Crippen LogP contribution in [0.15, 0.2) is 35.8 Å². The van der Waals surface area contributed by atoms with Gasteiger partial charge in [-0.3, -0.25) is 10.1 Å². The van der Waals surface area contributed by atoms with Crippen molar-refractivity contribution in [3.05, 3.63) is 41.4 Å². The highest BCUT2D eigenvalue weighted by Gasteiger charge is 2.26. The first-order valence-electron chi connectivity index (χ1n) is 6.34. The summed E-state index contributed by atoms with van der Waals surface area (Å²) in [6.07, 6.45) is 0.948. The maximum absolute atomic E-state index is 12.4. The van der Waals surface area contributed by atoms with Crippen molar-refractivity contribution >= 4 is 22.4 Å². The fourth-order valence-electron chi connectivity index (χ4n) is 2.05. The van der Waals surface area contributed by atoms with E-state index in [-0.39, 0.29) is 17.7 Å². The molecule has 0 fully saturated rings. The van der Waals surface area contributed by atoms with Crippen LogP contribution in [-0.4, -0.2) is 16.1 Å². The normalized spacial score (nSPS) is 13.8. The van der Waals surface area contributed by atoms with Gasteiger partial charge in [-0.2, -0.15) is 0 Å². The molecule has 4 nitrogen and oxygen atoms in total. The Kier molecular flexibility index (Phi) is 4.63. The van der Waals surface area contributed by atoms with Gasteiger partial charge in [0.25, 0.3) is 0 Å². The minimum atomic E-state index is -0.157. The number of benzene rings is 1. The molecule has 0 radical (unpaired) electrons. The third kappa shape index (κ3) is 3.38. The maximum Gasteiger partial charge on any atom is 0.234 e. The quantitative estimate of drug-likeness (QED) is 0.910. The molecule has 1 aromatic carbocycles. The summed E-state index contributed by atoms with van der Waals surface area (Å²) in [5.74, 6) is 0.0997. The van der Waals surface area contributed by atoms with Gasteiger partial charge in [0.1, 0.15) is 5.51 Å². The number of carbonyl (C=O) groups is 1. The molecule has 1 aromatic heterocycles. The summed E-state index contributed by atoms with van der Waals surface area (Å²) in [5, 5.41) is 11.0. The lowest BCUT2D eigenvalue weighted by Gasteiger charge is -2.22. The van der Waals surface area contributed by atoms with Crippen LogP contribution in [0.1, 0.15) is 31.7 Å². The Labute approximate surface area is 116 Å². The molecule has 2 rings (SSSR count). The molecule has 19 heavy (non-hydrogen) atoms. The second-order valence-corrected chi connectivity index (χ2v) is 5.34. The van der Waals surface area contributed by atoms with E-state index in [1.165, 1.54) is 11.3 Å². The lowest BCUT2D eigenvalue weighted by molar-refractivity contribution is -0.118. The SMILES string of the molecule is CCC(C)C(C(=O)Nc1nncs1)c1ccccc1. The van der Waals surface area contributed by atoms with Gasteiger partial charge in [-0.1, -0.05) is 61.9 Å². The number of nitrogens with zero attached hydrogens (tertiary/aromatic N) is 2. The zero-order valence-electron chi connectivity index (χ0n) is 11.0. The van der Waals surface area contributed by atoms with Crippen LogP contribution in [0.3, 0.4) is 0 Å². The van der Waals surface area contributed by atoms with Crippen LogP contribution in [-0.2, 0) is 4.79 Å². The smallest absolute Gasteiger partial charge is 0.234 e. The number of amides is 1. The topological polar surface area (TPSA) is 54.9 Å². The number of rotatable bonds is 5. The van der Waals surface area contributed by atoms with E-state index in [0.717, 1.165) is 12.0 Å². The van der Waals surface area contributed by atoms with Crippen molar-refractivity contribution in [2.45, 2.75) is 26.2 Å². The maximum atomic E-state index is 12.4. The minimum Gasteiger partial charge on any atom is -0.300 e. The van der Waals surface area contributed by atoms with Crippen LogP contribution in [0, 0.1) is 5.92 Å². The third-order valence-electron chi connectivity index (χ3n) is 3.24. The fourth-order valence-corrected chi connectivity index (χ4v) is 2.49. The number of anilines is 1. The van der Waals surface area contributed by atoms with Gasteiger partial charge >= 0.3 is 0 Å². The molecule has 0 aliphatic rings. The summed E-state index contributed by atoms with van der Waals surface area (Å²) in [7, 11) is 0.